The van der Waals surface area contributed by atoms with Crippen LogP contribution >= 0.6 is 0 Å². The fraction of sp³-hybridized carbons (Fsp3) is 0.577. The van der Waals surface area contributed by atoms with E-state index in [0.717, 1.165) is 42.7 Å². The highest BCUT2D eigenvalue weighted by Gasteiger charge is 2.56. The van der Waals surface area contributed by atoms with Gasteiger partial charge >= 0.3 is 5.97 Å². The second kappa shape index (κ2) is 9.98. The Kier molecular flexibility index (Phi) is 7.05. The topological polar surface area (TPSA) is 84.9 Å². The predicted octanol–water partition coefficient (Wildman–Crippen LogP) is 3.37. The van der Waals surface area contributed by atoms with E-state index in [-0.39, 0.29) is 24.2 Å². The summed E-state index contributed by atoms with van der Waals surface area (Å²) in [5.41, 5.74) is 2.36. The maximum absolute atomic E-state index is 13.4. The summed E-state index contributed by atoms with van der Waals surface area (Å²) in [4.78, 5) is 41.2. The number of hydrogen-bond acceptors (Lipinski definition) is 5. The van der Waals surface area contributed by atoms with Crippen LogP contribution in [0.5, 0.6) is 5.75 Å². The molecule has 33 heavy (non-hydrogen) atoms. The highest BCUT2D eigenvalue weighted by atomic mass is 16.5. The van der Waals surface area contributed by atoms with Crippen LogP contribution in [-0.2, 0) is 25.5 Å². The van der Waals surface area contributed by atoms with Crippen molar-refractivity contribution in [2.45, 2.75) is 58.3 Å². The molecular weight excluding hydrogens is 420 g/mol. The highest BCUT2D eigenvalue weighted by Crippen LogP contribution is 2.54. The molecule has 1 aromatic rings. The molecule has 1 aromatic carbocycles. The van der Waals surface area contributed by atoms with Gasteiger partial charge < -0.3 is 19.7 Å². The Hall–Kier alpha value is -2.83. The highest BCUT2D eigenvalue weighted by molar-refractivity contribution is 5.92. The Balaban J connectivity index is 1.47. The molecular formula is C26H34N2O5. The smallest absolute Gasteiger partial charge is 0.318 e. The van der Waals surface area contributed by atoms with Gasteiger partial charge in [0.15, 0.2) is 0 Å². The summed E-state index contributed by atoms with van der Waals surface area (Å²) in [6.45, 7) is 3.20. The molecule has 0 aromatic heterocycles. The number of nitrogens with zero attached hydrogens (tertiary/aromatic N) is 1. The van der Waals surface area contributed by atoms with Gasteiger partial charge in [-0.25, -0.2) is 0 Å². The van der Waals surface area contributed by atoms with Gasteiger partial charge in [0, 0.05) is 31.1 Å². The maximum Gasteiger partial charge on any atom is 0.318 e. The third-order valence-corrected chi connectivity index (χ3v) is 7.22. The molecule has 2 aliphatic heterocycles. The van der Waals surface area contributed by atoms with Crippen molar-refractivity contribution in [2.75, 3.05) is 26.8 Å². The average molecular weight is 455 g/mol. The van der Waals surface area contributed by atoms with Crippen molar-refractivity contribution >= 4 is 17.8 Å². The first-order valence-corrected chi connectivity index (χ1v) is 12.1. The third kappa shape index (κ3) is 4.50. The van der Waals surface area contributed by atoms with E-state index in [1.165, 1.54) is 5.57 Å². The summed E-state index contributed by atoms with van der Waals surface area (Å²) in [6, 6.07) is 7.73. The standard InChI is InChI=1S/C26H34N2O5/c1-3-33-25(31)26-13-6-9-19-10-7-15-28(23(19)26)24(30)20(17-26)16-22(29)27-14-12-18-8-4-5-11-21(18)32-2/h4-5,8,11,20H,3,6-7,9-10,12-17H2,1-2H3,(H,27,29)/t20-,26-/m0/s1. The molecule has 2 amide bonds. The molecule has 2 atom stereocenters. The van der Waals surface area contributed by atoms with Gasteiger partial charge in [-0.1, -0.05) is 18.2 Å². The molecule has 3 aliphatic rings. The van der Waals surface area contributed by atoms with Crippen LogP contribution in [0.1, 0.15) is 57.4 Å². The molecule has 0 bridgehead atoms. The molecule has 4 rings (SSSR count). The molecule has 0 radical (unpaired) electrons. The van der Waals surface area contributed by atoms with Gasteiger partial charge in [-0.2, -0.15) is 0 Å². The van der Waals surface area contributed by atoms with E-state index in [9.17, 15) is 14.4 Å². The maximum atomic E-state index is 13.4. The van der Waals surface area contributed by atoms with Crippen LogP contribution in [0.4, 0.5) is 0 Å². The van der Waals surface area contributed by atoms with E-state index >= 15 is 0 Å². The van der Waals surface area contributed by atoms with Gasteiger partial charge in [-0.3, -0.25) is 14.4 Å². The fourth-order valence-corrected chi connectivity index (χ4v) is 5.83. The summed E-state index contributed by atoms with van der Waals surface area (Å²) >= 11 is 0. The molecule has 1 aliphatic carbocycles. The van der Waals surface area contributed by atoms with Crippen molar-refractivity contribution < 1.29 is 23.9 Å². The summed E-state index contributed by atoms with van der Waals surface area (Å²) < 4.78 is 10.9. The first-order chi connectivity index (χ1) is 16.0. The number of rotatable bonds is 8. The number of para-hydroxylation sites is 1. The van der Waals surface area contributed by atoms with E-state index < -0.39 is 11.3 Å². The van der Waals surface area contributed by atoms with E-state index in [4.69, 9.17) is 9.47 Å². The van der Waals surface area contributed by atoms with Crippen molar-refractivity contribution in [1.29, 1.82) is 0 Å². The lowest BCUT2D eigenvalue weighted by Crippen LogP contribution is -2.56. The number of esters is 1. The number of benzene rings is 1. The second-order valence-corrected chi connectivity index (χ2v) is 9.22. The molecule has 7 heteroatoms. The van der Waals surface area contributed by atoms with Crippen LogP contribution in [0.2, 0.25) is 0 Å². The number of ether oxygens (including phenoxy) is 2. The van der Waals surface area contributed by atoms with Crippen LogP contribution < -0.4 is 10.1 Å². The summed E-state index contributed by atoms with van der Waals surface area (Å²) in [5, 5.41) is 2.95. The number of methoxy groups -OCH3 is 1. The molecule has 1 N–H and O–H groups in total. The lowest BCUT2D eigenvalue weighted by molar-refractivity contribution is -0.162. The van der Waals surface area contributed by atoms with Crippen LogP contribution in [0.25, 0.3) is 0 Å². The van der Waals surface area contributed by atoms with Crippen molar-refractivity contribution in [3.63, 3.8) is 0 Å². The summed E-state index contributed by atoms with van der Waals surface area (Å²) in [7, 11) is 1.63. The minimum Gasteiger partial charge on any atom is -0.496 e. The normalized spacial score (nSPS) is 24.2. The van der Waals surface area contributed by atoms with Gasteiger partial charge in [-0.15, -0.1) is 0 Å². The predicted molar refractivity (Wildman–Crippen MR) is 123 cm³/mol. The van der Waals surface area contributed by atoms with Gasteiger partial charge in [0.05, 0.1) is 13.7 Å². The van der Waals surface area contributed by atoms with Crippen LogP contribution in [0.15, 0.2) is 35.5 Å². The Morgan fingerprint density at radius 2 is 2.00 bits per heavy atom. The molecule has 1 saturated heterocycles. The number of nitrogens with one attached hydrogen (secondary N) is 1. The molecule has 1 fully saturated rings. The summed E-state index contributed by atoms with van der Waals surface area (Å²) in [6.07, 6.45) is 5.47. The molecule has 0 unspecified atom stereocenters. The zero-order valence-electron chi connectivity index (χ0n) is 19.7. The van der Waals surface area contributed by atoms with Gasteiger partial charge in [-0.05, 0) is 69.1 Å². The van der Waals surface area contributed by atoms with Crippen molar-refractivity contribution in [3.05, 3.63) is 41.1 Å². The monoisotopic (exact) mass is 454 g/mol. The number of piperidine rings is 1. The van der Waals surface area contributed by atoms with Crippen LogP contribution in [0, 0.1) is 11.3 Å². The molecule has 2 heterocycles. The zero-order chi connectivity index (χ0) is 23.4. The molecule has 178 valence electrons. The quantitative estimate of drug-likeness (QED) is 0.609. The van der Waals surface area contributed by atoms with Crippen LogP contribution in [0.3, 0.4) is 0 Å². The molecule has 0 spiro atoms. The van der Waals surface area contributed by atoms with Crippen molar-refractivity contribution in [1.82, 2.24) is 10.2 Å². The number of allylic oxidation sites excluding steroid dienone is 1. The van der Waals surface area contributed by atoms with Crippen LogP contribution in [-0.4, -0.2) is 49.5 Å². The number of carbonyl (C=O) groups is 3. The minimum absolute atomic E-state index is 0.0242. The van der Waals surface area contributed by atoms with Crippen molar-refractivity contribution in [3.8, 4) is 5.75 Å². The van der Waals surface area contributed by atoms with Gasteiger partial charge in [0.2, 0.25) is 11.8 Å². The number of carbonyl (C=O) groups excluding carboxylic acids is 3. The lowest BCUT2D eigenvalue weighted by atomic mass is 9.63. The number of amides is 2. The van der Waals surface area contributed by atoms with Gasteiger partial charge in [0.25, 0.3) is 0 Å². The summed E-state index contributed by atoms with van der Waals surface area (Å²) in [5.74, 6) is -0.144. The first kappa shape index (κ1) is 23.3. The Labute approximate surface area is 195 Å². The second-order valence-electron chi connectivity index (χ2n) is 9.22. The first-order valence-electron chi connectivity index (χ1n) is 12.1. The average Bonchev–Trinajstić information content (AvgIpc) is 2.82. The fourth-order valence-electron chi connectivity index (χ4n) is 5.83. The number of hydrogen-bond donors (Lipinski definition) is 1. The Bertz CT molecular complexity index is 952. The minimum atomic E-state index is -0.791. The van der Waals surface area contributed by atoms with E-state index in [2.05, 4.69) is 5.32 Å². The molecule has 0 saturated carbocycles. The van der Waals surface area contributed by atoms with E-state index in [1.807, 2.05) is 36.1 Å². The lowest BCUT2D eigenvalue weighted by Gasteiger charge is -2.51. The molecule has 7 nitrogen and oxygen atoms in total. The van der Waals surface area contributed by atoms with E-state index in [1.54, 1.807) is 7.11 Å². The van der Waals surface area contributed by atoms with E-state index in [0.29, 0.717) is 39.0 Å². The third-order valence-electron chi connectivity index (χ3n) is 7.22. The SMILES string of the molecule is CCOC(=O)[C@]12CCCC3=C1N(CCC3)C(=O)[C@@H](CC(=O)NCCc1ccccc1OC)C2. The Morgan fingerprint density at radius 1 is 1.21 bits per heavy atom. The van der Waals surface area contributed by atoms with Crippen molar-refractivity contribution in [2.24, 2.45) is 11.3 Å². The largest absolute Gasteiger partial charge is 0.496 e. The zero-order valence-corrected chi connectivity index (χ0v) is 19.7. The van der Waals surface area contributed by atoms with Gasteiger partial charge in [0.1, 0.15) is 11.2 Å². The Morgan fingerprint density at radius 3 is 2.79 bits per heavy atom.